The smallest absolute Gasteiger partial charge is 0.136 e. The number of nitrogens with zero attached hydrogens (tertiary/aromatic N) is 4. The number of rotatable bonds is 11. The molecule has 0 unspecified atom stereocenters. The molecule has 32 heavy (non-hydrogen) atoms. The molecule has 0 amide bonds. The number of aliphatic hydroxyl groups is 1. The minimum absolute atomic E-state index is 0.221. The van der Waals surface area contributed by atoms with Crippen molar-refractivity contribution in [2.24, 2.45) is 0 Å². The Hall–Kier alpha value is -2.09. The number of aryl methyl sites for hydroxylation is 2. The van der Waals surface area contributed by atoms with Gasteiger partial charge in [-0.15, -0.1) is 0 Å². The van der Waals surface area contributed by atoms with E-state index in [0.29, 0.717) is 26.2 Å². The molecule has 0 bridgehead atoms. The number of β-amino-alcohol motifs (C(OH)–C–C–N with tert-alkyl or cyclic N) is 1. The van der Waals surface area contributed by atoms with Crippen molar-refractivity contribution in [2.45, 2.75) is 52.6 Å². The first kappa shape index (κ1) is 24.6. The summed E-state index contributed by atoms with van der Waals surface area (Å²) in [5.74, 6) is 1.50. The lowest BCUT2D eigenvalue weighted by Gasteiger charge is -2.37. The van der Waals surface area contributed by atoms with Gasteiger partial charge < -0.3 is 14.7 Å². The van der Waals surface area contributed by atoms with Gasteiger partial charge in [-0.05, 0) is 37.5 Å². The Morgan fingerprint density at radius 1 is 1.16 bits per heavy atom. The maximum absolute atomic E-state index is 13.8. The number of halogens is 1. The van der Waals surface area contributed by atoms with Gasteiger partial charge in [0.2, 0.25) is 0 Å². The Labute approximate surface area is 191 Å². The van der Waals surface area contributed by atoms with E-state index in [0.717, 1.165) is 73.9 Å². The van der Waals surface area contributed by atoms with Crippen LogP contribution in [0.25, 0.3) is 0 Å². The van der Waals surface area contributed by atoms with Crippen LogP contribution >= 0.6 is 0 Å². The van der Waals surface area contributed by atoms with E-state index in [1.807, 2.05) is 13.0 Å². The van der Waals surface area contributed by atoms with Crippen molar-refractivity contribution in [2.75, 3.05) is 50.8 Å². The first-order valence-corrected chi connectivity index (χ1v) is 11.8. The molecule has 1 fully saturated rings. The van der Waals surface area contributed by atoms with Crippen LogP contribution in [0.5, 0.6) is 0 Å². The lowest BCUT2D eigenvalue weighted by molar-refractivity contribution is 0.0150. The minimum atomic E-state index is -0.463. The number of piperazine rings is 1. The van der Waals surface area contributed by atoms with Crippen molar-refractivity contribution >= 4 is 5.82 Å². The van der Waals surface area contributed by atoms with Gasteiger partial charge in [0.25, 0.3) is 0 Å². The van der Waals surface area contributed by atoms with Crippen LogP contribution in [-0.2, 0) is 17.6 Å². The van der Waals surface area contributed by atoms with Crippen LogP contribution in [-0.4, -0.2) is 72.0 Å². The molecule has 2 heterocycles. The summed E-state index contributed by atoms with van der Waals surface area (Å²) < 4.78 is 19.3. The van der Waals surface area contributed by atoms with Crippen molar-refractivity contribution in [3.05, 3.63) is 52.7 Å². The molecule has 1 N–H and O–H groups in total. The molecule has 1 atom stereocenters. The summed E-state index contributed by atoms with van der Waals surface area (Å²) in [5, 5.41) is 10.3. The SMILES string of the molecule is CCCCOC[C@H](O)CN1CCN(c2nc(C)nc(CC)c2Cc2cccc(F)c2)CC1. The summed E-state index contributed by atoms with van der Waals surface area (Å²) in [4.78, 5) is 14.1. The highest BCUT2D eigenvalue weighted by atomic mass is 19.1. The van der Waals surface area contributed by atoms with E-state index >= 15 is 0 Å². The van der Waals surface area contributed by atoms with Gasteiger partial charge in [-0.3, -0.25) is 4.90 Å². The third kappa shape index (κ3) is 6.95. The zero-order chi connectivity index (χ0) is 22.9. The summed E-state index contributed by atoms with van der Waals surface area (Å²) in [7, 11) is 0. The van der Waals surface area contributed by atoms with E-state index in [2.05, 4.69) is 28.6 Å². The zero-order valence-corrected chi connectivity index (χ0v) is 19.7. The predicted octanol–water partition coefficient (Wildman–Crippen LogP) is 3.38. The van der Waals surface area contributed by atoms with Gasteiger partial charge in [-0.2, -0.15) is 0 Å². The van der Waals surface area contributed by atoms with Crippen LogP contribution in [0.3, 0.4) is 0 Å². The van der Waals surface area contributed by atoms with Crippen LogP contribution in [0.15, 0.2) is 24.3 Å². The largest absolute Gasteiger partial charge is 0.389 e. The highest BCUT2D eigenvalue weighted by Crippen LogP contribution is 2.26. The van der Waals surface area contributed by atoms with Crippen LogP contribution in [0.4, 0.5) is 10.2 Å². The predicted molar refractivity (Wildman–Crippen MR) is 126 cm³/mol. The van der Waals surface area contributed by atoms with Crippen molar-refractivity contribution in [1.82, 2.24) is 14.9 Å². The average Bonchev–Trinajstić information content (AvgIpc) is 2.78. The molecule has 6 nitrogen and oxygen atoms in total. The molecule has 0 saturated carbocycles. The number of anilines is 1. The van der Waals surface area contributed by atoms with Crippen molar-refractivity contribution < 1.29 is 14.2 Å². The number of ether oxygens (including phenoxy) is 1. The van der Waals surface area contributed by atoms with E-state index in [1.165, 1.54) is 6.07 Å². The molecular formula is C25H37FN4O2. The summed E-state index contributed by atoms with van der Waals surface area (Å²) in [6.45, 7) is 11.3. The van der Waals surface area contributed by atoms with E-state index in [9.17, 15) is 9.50 Å². The lowest BCUT2D eigenvalue weighted by atomic mass is 10.0. The van der Waals surface area contributed by atoms with Gasteiger partial charge in [0.15, 0.2) is 0 Å². The molecular weight excluding hydrogens is 407 g/mol. The topological polar surface area (TPSA) is 61.7 Å². The van der Waals surface area contributed by atoms with Crippen LogP contribution < -0.4 is 4.90 Å². The molecule has 2 aromatic rings. The van der Waals surface area contributed by atoms with Crippen molar-refractivity contribution in [1.29, 1.82) is 0 Å². The Kier molecular flexibility index (Phi) is 9.38. The molecule has 0 aliphatic carbocycles. The standard InChI is InChI=1S/C25H37FN4O2/c1-4-6-14-32-18-22(31)17-29-10-12-30(13-11-29)25-23(24(5-2)27-19(3)28-25)16-20-8-7-9-21(26)15-20/h7-9,15,22,31H,4-6,10-14,16-18H2,1-3H3/t22-/m1/s1. The van der Waals surface area contributed by atoms with Gasteiger partial charge in [-0.25, -0.2) is 14.4 Å². The van der Waals surface area contributed by atoms with E-state index in [1.54, 1.807) is 12.1 Å². The van der Waals surface area contributed by atoms with E-state index in [-0.39, 0.29) is 5.82 Å². The van der Waals surface area contributed by atoms with Crippen molar-refractivity contribution in [3.8, 4) is 0 Å². The number of benzene rings is 1. The quantitative estimate of drug-likeness (QED) is 0.536. The second kappa shape index (κ2) is 12.2. The van der Waals surface area contributed by atoms with Crippen molar-refractivity contribution in [3.63, 3.8) is 0 Å². The minimum Gasteiger partial charge on any atom is -0.389 e. The lowest BCUT2D eigenvalue weighted by Crippen LogP contribution is -2.49. The molecule has 7 heteroatoms. The fourth-order valence-electron chi connectivity index (χ4n) is 4.18. The second-order valence-corrected chi connectivity index (χ2v) is 8.55. The fourth-order valence-corrected chi connectivity index (χ4v) is 4.18. The zero-order valence-electron chi connectivity index (χ0n) is 19.7. The van der Waals surface area contributed by atoms with Gasteiger partial charge >= 0.3 is 0 Å². The molecule has 1 aromatic heterocycles. The first-order valence-electron chi connectivity index (χ1n) is 11.8. The van der Waals surface area contributed by atoms with Gasteiger partial charge in [0, 0.05) is 57.0 Å². The first-order chi connectivity index (χ1) is 15.5. The Morgan fingerprint density at radius 2 is 1.94 bits per heavy atom. The molecule has 1 aromatic carbocycles. The van der Waals surface area contributed by atoms with Crippen LogP contribution in [0.2, 0.25) is 0 Å². The Balaban J connectivity index is 1.66. The maximum Gasteiger partial charge on any atom is 0.136 e. The highest BCUT2D eigenvalue weighted by Gasteiger charge is 2.24. The third-order valence-electron chi connectivity index (χ3n) is 5.88. The summed E-state index contributed by atoms with van der Waals surface area (Å²) >= 11 is 0. The normalized spacial score (nSPS) is 15.8. The monoisotopic (exact) mass is 444 g/mol. The Bertz CT molecular complexity index is 856. The van der Waals surface area contributed by atoms with Gasteiger partial charge in [0.05, 0.1) is 12.7 Å². The number of hydrogen-bond donors (Lipinski definition) is 1. The van der Waals surface area contributed by atoms with Gasteiger partial charge in [0.1, 0.15) is 17.5 Å². The van der Waals surface area contributed by atoms with E-state index in [4.69, 9.17) is 9.72 Å². The molecule has 176 valence electrons. The van der Waals surface area contributed by atoms with E-state index < -0.39 is 6.10 Å². The second-order valence-electron chi connectivity index (χ2n) is 8.55. The number of hydrogen-bond acceptors (Lipinski definition) is 6. The number of unbranched alkanes of at least 4 members (excludes halogenated alkanes) is 1. The molecule has 1 aliphatic rings. The highest BCUT2D eigenvalue weighted by molar-refractivity contribution is 5.52. The van der Waals surface area contributed by atoms with Crippen LogP contribution in [0, 0.1) is 12.7 Å². The molecule has 0 spiro atoms. The van der Waals surface area contributed by atoms with Crippen LogP contribution in [0.1, 0.15) is 49.3 Å². The molecule has 0 radical (unpaired) electrons. The molecule has 1 saturated heterocycles. The van der Waals surface area contributed by atoms with Gasteiger partial charge in [-0.1, -0.05) is 32.4 Å². The Morgan fingerprint density at radius 3 is 2.62 bits per heavy atom. The number of aliphatic hydroxyl groups excluding tert-OH is 1. The summed E-state index contributed by atoms with van der Waals surface area (Å²) in [6, 6.07) is 6.76. The fraction of sp³-hybridized carbons (Fsp3) is 0.600. The number of aromatic nitrogens is 2. The maximum atomic E-state index is 13.8. The summed E-state index contributed by atoms with van der Waals surface area (Å²) in [5.41, 5.74) is 3.04. The average molecular weight is 445 g/mol. The third-order valence-corrected chi connectivity index (χ3v) is 5.88. The molecule has 1 aliphatic heterocycles. The molecule has 3 rings (SSSR count). The summed E-state index contributed by atoms with van der Waals surface area (Å²) in [6.07, 6.45) is 3.09.